The monoisotopic (exact) mass is 526 g/mol. The first-order chi connectivity index (χ1) is 18.3. The van der Waals surface area contributed by atoms with E-state index in [1.54, 1.807) is 36.7 Å². The van der Waals surface area contributed by atoms with Gasteiger partial charge in [0.25, 0.3) is 5.56 Å². The van der Waals surface area contributed by atoms with Crippen LogP contribution in [0.5, 0.6) is 5.75 Å². The smallest absolute Gasteiger partial charge is 0.256 e. The van der Waals surface area contributed by atoms with E-state index in [4.69, 9.17) is 4.74 Å². The number of aromatic amines is 1. The van der Waals surface area contributed by atoms with E-state index in [0.717, 1.165) is 5.56 Å². The van der Waals surface area contributed by atoms with E-state index in [9.17, 15) is 18.5 Å². The first-order valence-electron chi connectivity index (χ1n) is 12.2. The van der Waals surface area contributed by atoms with Crippen molar-refractivity contribution >= 4 is 10.0 Å². The second-order valence-electron chi connectivity index (χ2n) is 9.16. The molecule has 1 fully saturated rings. The number of nitrogens with one attached hydrogen (secondary N) is 1. The Morgan fingerprint density at radius 1 is 1.00 bits per heavy atom. The molecule has 0 bridgehead atoms. The number of H-pyrrole nitrogens is 1. The lowest BCUT2D eigenvalue weighted by molar-refractivity contribution is 0.135. The van der Waals surface area contributed by atoms with Gasteiger partial charge in [-0.2, -0.15) is 5.26 Å². The summed E-state index contributed by atoms with van der Waals surface area (Å²) < 4.78 is 31.5. The largest absolute Gasteiger partial charge is 0.490 e. The van der Waals surface area contributed by atoms with Crippen molar-refractivity contribution in [2.24, 2.45) is 0 Å². The van der Waals surface area contributed by atoms with Crippen molar-refractivity contribution in [2.45, 2.75) is 18.9 Å². The Hall–Kier alpha value is -4.26. The molecule has 38 heavy (non-hydrogen) atoms. The van der Waals surface area contributed by atoms with Gasteiger partial charge in [0.2, 0.25) is 10.0 Å². The molecule has 5 rings (SSSR count). The fourth-order valence-electron chi connectivity index (χ4n) is 4.81. The number of aromatic nitrogens is 2. The molecule has 3 heterocycles. The van der Waals surface area contributed by atoms with Crippen LogP contribution in [0, 0.1) is 11.3 Å². The highest BCUT2D eigenvalue weighted by Crippen LogP contribution is 2.39. The highest BCUT2D eigenvalue weighted by Gasteiger charge is 2.26. The summed E-state index contributed by atoms with van der Waals surface area (Å²) in [6.07, 6.45) is 5.60. The van der Waals surface area contributed by atoms with E-state index in [1.807, 2.05) is 42.5 Å². The number of ether oxygens (including phenoxy) is 1. The fourth-order valence-corrected chi connectivity index (χ4v) is 5.68. The van der Waals surface area contributed by atoms with Crippen LogP contribution in [0.3, 0.4) is 0 Å². The minimum Gasteiger partial charge on any atom is -0.490 e. The third-order valence-electron chi connectivity index (χ3n) is 6.65. The highest BCUT2D eigenvalue weighted by atomic mass is 32.2. The number of pyridine rings is 2. The van der Waals surface area contributed by atoms with Crippen molar-refractivity contribution in [3.63, 3.8) is 0 Å². The molecule has 1 saturated heterocycles. The number of hydrogen-bond acceptors (Lipinski definition) is 6. The van der Waals surface area contributed by atoms with Crippen LogP contribution in [-0.2, 0) is 10.0 Å². The van der Waals surface area contributed by atoms with Gasteiger partial charge >= 0.3 is 0 Å². The zero-order valence-corrected chi connectivity index (χ0v) is 21.6. The predicted octanol–water partition coefficient (Wildman–Crippen LogP) is 4.45. The SMILES string of the molecule is CS(=O)(=O)N1CCC(Oc2cccc(-c3c(-c4ccccn4)c[nH]c(=O)c3-c3ccccc3C#N)c2)CC1. The second kappa shape index (κ2) is 10.6. The molecule has 2 aromatic carbocycles. The summed E-state index contributed by atoms with van der Waals surface area (Å²) in [7, 11) is -3.22. The molecule has 0 radical (unpaired) electrons. The number of benzene rings is 2. The first-order valence-corrected chi connectivity index (χ1v) is 14.1. The van der Waals surface area contributed by atoms with Crippen molar-refractivity contribution in [3.05, 3.63) is 95.0 Å². The molecule has 2 aromatic heterocycles. The van der Waals surface area contributed by atoms with Crippen molar-refractivity contribution in [1.82, 2.24) is 14.3 Å². The van der Waals surface area contributed by atoms with Gasteiger partial charge in [-0.25, -0.2) is 12.7 Å². The zero-order valence-electron chi connectivity index (χ0n) is 20.8. The maximum absolute atomic E-state index is 13.3. The van der Waals surface area contributed by atoms with Crippen LogP contribution in [0.15, 0.2) is 83.9 Å². The lowest BCUT2D eigenvalue weighted by Gasteiger charge is -2.30. The molecule has 1 aliphatic heterocycles. The molecule has 0 unspecified atom stereocenters. The van der Waals surface area contributed by atoms with Gasteiger partial charge in [0.05, 0.1) is 29.1 Å². The summed E-state index contributed by atoms with van der Waals surface area (Å²) >= 11 is 0. The van der Waals surface area contributed by atoms with Crippen molar-refractivity contribution in [1.29, 1.82) is 5.26 Å². The number of hydrogen-bond donors (Lipinski definition) is 1. The molecule has 0 atom stereocenters. The van der Waals surface area contributed by atoms with Crippen molar-refractivity contribution in [2.75, 3.05) is 19.3 Å². The summed E-state index contributed by atoms with van der Waals surface area (Å²) in [6.45, 7) is 0.826. The summed E-state index contributed by atoms with van der Waals surface area (Å²) in [5.74, 6) is 0.618. The lowest BCUT2D eigenvalue weighted by atomic mass is 9.89. The maximum Gasteiger partial charge on any atom is 0.256 e. The van der Waals surface area contributed by atoms with Gasteiger partial charge < -0.3 is 9.72 Å². The molecule has 4 aromatic rings. The molecule has 0 saturated carbocycles. The molecular weight excluding hydrogens is 500 g/mol. The molecule has 9 heteroatoms. The number of nitriles is 1. The standard InChI is InChI=1S/C29H26N4O4S/c1-38(35,36)33-15-12-22(13-16-33)37-23-9-6-8-20(17-23)27-25(26-11-4-5-14-31-26)19-32-29(34)28(27)24-10-3-2-7-21(24)18-30/h2-11,14,17,19,22H,12-13,15-16H2,1H3,(H,32,34). The van der Waals surface area contributed by atoms with E-state index in [2.05, 4.69) is 16.0 Å². The van der Waals surface area contributed by atoms with Crippen LogP contribution in [0.25, 0.3) is 33.5 Å². The van der Waals surface area contributed by atoms with Crippen LogP contribution in [-0.4, -0.2) is 48.1 Å². The summed E-state index contributed by atoms with van der Waals surface area (Å²) in [6, 6.07) is 22.3. The molecule has 0 spiro atoms. The Morgan fingerprint density at radius 3 is 2.47 bits per heavy atom. The lowest BCUT2D eigenvalue weighted by Crippen LogP contribution is -2.41. The predicted molar refractivity (Wildman–Crippen MR) is 146 cm³/mol. The highest BCUT2D eigenvalue weighted by molar-refractivity contribution is 7.88. The van der Waals surface area contributed by atoms with Gasteiger partial charge in [0.15, 0.2) is 0 Å². The van der Waals surface area contributed by atoms with E-state index >= 15 is 0 Å². The van der Waals surface area contributed by atoms with E-state index in [1.165, 1.54) is 10.6 Å². The van der Waals surface area contributed by atoms with E-state index in [-0.39, 0.29) is 11.7 Å². The average molecular weight is 527 g/mol. The van der Waals surface area contributed by atoms with E-state index in [0.29, 0.717) is 65.2 Å². The van der Waals surface area contributed by atoms with Crippen molar-refractivity contribution < 1.29 is 13.2 Å². The Bertz CT molecular complexity index is 1670. The molecular formula is C29H26N4O4S. The van der Waals surface area contributed by atoms with Gasteiger partial charge in [0.1, 0.15) is 11.9 Å². The summed E-state index contributed by atoms with van der Waals surface area (Å²) in [5.41, 5.74) is 3.76. The van der Waals surface area contributed by atoms with Gasteiger partial charge in [-0.05, 0) is 48.7 Å². The van der Waals surface area contributed by atoms with Crippen LogP contribution in [0.4, 0.5) is 0 Å². The first kappa shape index (κ1) is 25.4. The van der Waals surface area contributed by atoms with Gasteiger partial charge in [-0.1, -0.05) is 36.4 Å². The number of rotatable bonds is 6. The normalized spacial score (nSPS) is 14.6. The minimum absolute atomic E-state index is 0.128. The fraction of sp³-hybridized carbons (Fsp3) is 0.207. The summed E-state index contributed by atoms with van der Waals surface area (Å²) in [4.78, 5) is 20.7. The third kappa shape index (κ3) is 5.23. The van der Waals surface area contributed by atoms with Crippen LogP contribution < -0.4 is 10.3 Å². The average Bonchev–Trinajstić information content (AvgIpc) is 2.93. The molecule has 192 valence electrons. The van der Waals surface area contributed by atoms with Gasteiger partial charge in [0, 0.05) is 42.2 Å². The molecule has 8 nitrogen and oxygen atoms in total. The van der Waals surface area contributed by atoms with E-state index < -0.39 is 10.0 Å². The zero-order chi connectivity index (χ0) is 26.7. The van der Waals surface area contributed by atoms with Crippen LogP contribution in [0.2, 0.25) is 0 Å². The maximum atomic E-state index is 13.3. The second-order valence-corrected chi connectivity index (χ2v) is 11.1. The number of piperidine rings is 1. The minimum atomic E-state index is -3.22. The molecule has 0 aliphatic carbocycles. The number of nitrogens with zero attached hydrogens (tertiary/aromatic N) is 3. The van der Waals surface area contributed by atoms with Gasteiger partial charge in [-0.15, -0.1) is 0 Å². The van der Waals surface area contributed by atoms with Crippen LogP contribution in [0.1, 0.15) is 18.4 Å². The third-order valence-corrected chi connectivity index (χ3v) is 7.95. The summed E-state index contributed by atoms with van der Waals surface area (Å²) in [5, 5.41) is 9.78. The quantitative estimate of drug-likeness (QED) is 0.397. The molecule has 1 aliphatic rings. The topological polar surface area (TPSA) is 116 Å². The van der Waals surface area contributed by atoms with Gasteiger partial charge in [-0.3, -0.25) is 9.78 Å². The van der Waals surface area contributed by atoms with Crippen molar-refractivity contribution in [3.8, 4) is 45.3 Å². The number of sulfonamides is 1. The molecule has 0 amide bonds. The Labute approximate surface area is 221 Å². The Kier molecular flexibility index (Phi) is 7.09. The van der Waals surface area contributed by atoms with Crippen LogP contribution >= 0.6 is 0 Å². The molecule has 1 N–H and O–H groups in total. The Morgan fingerprint density at radius 2 is 1.76 bits per heavy atom. The Balaban J connectivity index is 1.60.